The van der Waals surface area contributed by atoms with E-state index in [4.69, 9.17) is 4.74 Å². The van der Waals surface area contributed by atoms with E-state index in [-0.39, 0.29) is 19.0 Å². The van der Waals surface area contributed by atoms with Gasteiger partial charge >= 0.3 is 5.97 Å². The van der Waals surface area contributed by atoms with Crippen LogP contribution in [-0.4, -0.2) is 22.5 Å². The molecule has 0 unspecified atom stereocenters. The fourth-order valence-corrected chi connectivity index (χ4v) is 1.27. The topological polar surface area (TPSA) is 46.5 Å². The molecule has 1 aromatic rings. The summed E-state index contributed by atoms with van der Waals surface area (Å²) in [6, 6.07) is 9.44. The van der Waals surface area contributed by atoms with Crippen LogP contribution in [0.1, 0.15) is 12.0 Å². The summed E-state index contributed by atoms with van der Waals surface area (Å²) in [6.07, 6.45) is -0.647. The molecular weight excluding hydrogens is 260 g/mol. The molecule has 0 heterocycles. The highest BCUT2D eigenvalue weighted by atomic mass is 79.9. The van der Waals surface area contributed by atoms with Crippen molar-refractivity contribution < 1.29 is 14.6 Å². The summed E-state index contributed by atoms with van der Waals surface area (Å²) in [4.78, 5) is 11.2. The van der Waals surface area contributed by atoms with E-state index >= 15 is 0 Å². The maximum Gasteiger partial charge on any atom is 0.308 e. The molecule has 0 fully saturated rings. The highest BCUT2D eigenvalue weighted by molar-refractivity contribution is 9.09. The molecule has 0 aliphatic carbocycles. The molecule has 0 aliphatic rings. The molecule has 1 atom stereocenters. The van der Waals surface area contributed by atoms with E-state index in [1.807, 2.05) is 30.3 Å². The average Bonchev–Trinajstić information content (AvgIpc) is 2.27. The molecule has 1 aromatic carbocycles. The maximum atomic E-state index is 11.2. The van der Waals surface area contributed by atoms with Crippen molar-refractivity contribution >= 4 is 21.9 Å². The van der Waals surface area contributed by atoms with Crippen LogP contribution in [0.25, 0.3) is 0 Å². The zero-order valence-corrected chi connectivity index (χ0v) is 9.81. The number of aliphatic hydroxyl groups excluding tert-OH is 1. The Bertz CT molecular complexity index is 300. The molecule has 0 amide bonds. The normalized spacial score (nSPS) is 12.1. The van der Waals surface area contributed by atoms with Crippen LogP contribution in [0.5, 0.6) is 0 Å². The lowest BCUT2D eigenvalue weighted by molar-refractivity contribution is -0.146. The highest BCUT2D eigenvalue weighted by Crippen LogP contribution is 2.03. The number of carbonyl (C=O) groups is 1. The van der Waals surface area contributed by atoms with Crippen LogP contribution in [0.4, 0.5) is 0 Å². The van der Waals surface area contributed by atoms with Gasteiger partial charge in [-0.2, -0.15) is 0 Å². The van der Waals surface area contributed by atoms with Gasteiger partial charge < -0.3 is 9.84 Å². The first-order chi connectivity index (χ1) is 7.22. The van der Waals surface area contributed by atoms with Crippen molar-refractivity contribution in [2.45, 2.75) is 19.1 Å². The quantitative estimate of drug-likeness (QED) is 0.658. The van der Waals surface area contributed by atoms with Gasteiger partial charge in [-0.3, -0.25) is 4.79 Å². The number of aliphatic hydroxyl groups is 1. The number of halogens is 1. The smallest absolute Gasteiger partial charge is 0.308 e. The summed E-state index contributed by atoms with van der Waals surface area (Å²) in [7, 11) is 0. The first-order valence-corrected chi connectivity index (χ1v) is 5.78. The molecule has 82 valence electrons. The first-order valence-electron chi connectivity index (χ1n) is 4.66. The third-order valence-electron chi connectivity index (χ3n) is 1.82. The second-order valence-electron chi connectivity index (χ2n) is 3.16. The van der Waals surface area contributed by atoms with Gasteiger partial charge in [-0.05, 0) is 5.56 Å². The van der Waals surface area contributed by atoms with Crippen molar-refractivity contribution in [3.63, 3.8) is 0 Å². The lowest BCUT2D eigenvalue weighted by Crippen LogP contribution is -2.16. The van der Waals surface area contributed by atoms with E-state index in [1.165, 1.54) is 0 Å². The van der Waals surface area contributed by atoms with E-state index in [0.29, 0.717) is 5.33 Å². The number of rotatable bonds is 5. The molecule has 0 spiro atoms. The lowest BCUT2D eigenvalue weighted by Gasteiger charge is -2.07. The minimum absolute atomic E-state index is 0.0259. The third-order valence-corrected chi connectivity index (χ3v) is 2.57. The standard InChI is InChI=1S/C11H13BrO3/c12-7-10(13)6-11(14)15-8-9-4-2-1-3-5-9/h1-5,10,13H,6-8H2/t10-/m0/s1. The van der Waals surface area contributed by atoms with Gasteiger partial charge in [-0.15, -0.1) is 0 Å². The Morgan fingerprint density at radius 2 is 2.07 bits per heavy atom. The van der Waals surface area contributed by atoms with E-state index in [0.717, 1.165) is 5.56 Å². The Hall–Kier alpha value is -0.870. The van der Waals surface area contributed by atoms with Crippen molar-refractivity contribution in [3.8, 4) is 0 Å². The molecule has 4 heteroatoms. The van der Waals surface area contributed by atoms with Gasteiger partial charge in [0.15, 0.2) is 0 Å². The number of hydrogen-bond donors (Lipinski definition) is 1. The molecule has 3 nitrogen and oxygen atoms in total. The number of ether oxygens (including phenoxy) is 1. The van der Waals surface area contributed by atoms with Crippen LogP contribution in [0, 0.1) is 0 Å². The zero-order chi connectivity index (χ0) is 11.1. The maximum absolute atomic E-state index is 11.2. The van der Waals surface area contributed by atoms with E-state index in [2.05, 4.69) is 15.9 Å². The van der Waals surface area contributed by atoms with Crippen molar-refractivity contribution in [1.29, 1.82) is 0 Å². The molecule has 1 N–H and O–H groups in total. The van der Waals surface area contributed by atoms with Gasteiger partial charge in [0.05, 0.1) is 12.5 Å². The Morgan fingerprint density at radius 3 is 2.67 bits per heavy atom. The summed E-state index contributed by atoms with van der Waals surface area (Å²) < 4.78 is 4.98. The molecule has 0 bridgehead atoms. The Balaban J connectivity index is 2.29. The fourth-order valence-electron chi connectivity index (χ4n) is 1.04. The molecule has 0 radical (unpaired) electrons. The van der Waals surface area contributed by atoms with Gasteiger partial charge in [0, 0.05) is 5.33 Å². The van der Waals surface area contributed by atoms with E-state index < -0.39 is 6.10 Å². The summed E-state index contributed by atoms with van der Waals surface area (Å²) >= 11 is 3.08. The largest absolute Gasteiger partial charge is 0.461 e. The summed E-state index contributed by atoms with van der Waals surface area (Å²) in [5.41, 5.74) is 0.944. The first kappa shape index (κ1) is 12.2. The van der Waals surface area contributed by atoms with Crippen LogP contribution < -0.4 is 0 Å². The van der Waals surface area contributed by atoms with Gasteiger partial charge in [0.2, 0.25) is 0 Å². The molecular formula is C11H13BrO3. The predicted molar refractivity (Wildman–Crippen MR) is 60.7 cm³/mol. The average molecular weight is 273 g/mol. The monoisotopic (exact) mass is 272 g/mol. The highest BCUT2D eigenvalue weighted by Gasteiger charge is 2.10. The van der Waals surface area contributed by atoms with Crippen LogP contribution in [0.2, 0.25) is 0 Å². The summed E-state index contributed by atoms with van der Waals surface area (Å²) in [5, 5.41) is 9.56. The van der Waals surface area contributed by atoms with Crippen LogP contribution >= 0.6 is 15.9 Å². The predicted octanol–water partition coefficient (Wildman–Crippen LogP) is 1.88. The minimum atomic E-state index is -0.673. The number of alkyl halides is 1. The minimum Gasteiger partial charge on any atom is -0.461 e. The van der Waals surface area contributed by atoms with Crippen LogP contribution in [0.3, 0.4) is 0 Å². The van der Waals surface area contributed by atoms with Crippen molar-refractivity contribution in [2.75, 3.05) is 5.33 Å². The van der Waals surface area contributed by atoms with Gasteiger partial charge in [-0.25, -0.2) is 0 Å². The van der Waals surface area contributed by atoms with Gasteiger partial charge in [0.1, 0.15) is 6.61 Å². The van der Waals surface area contributed by atoms with Gasteiger partial charge in [0.25, 0.3) is 0 Å². The number of esters is 1. The SMILES string of the molecule is O=C(C[C@H](O)CBr)OCc1ccccc1. The van der Waals surface area contributed by atoms with E-state index in [1.54, 1.807) is 0 Å². The second kappa shape index (κ2) is 6.58. The van der Waals surface area contributed by atoms with Crippen molar-refractivity contribution in [3.05, 3.63) is 35.9 Å². The van der Waals surface area contributed by atoms with Crippen LogP contribution in [0.15, 0.2) is 30.3 Å². The molecule has 0 aliphatic heterocycles. The fraction of sp³-hybridized carbons (Fsp3) is 0.364. The Kier molecular flexibility index (Phi) is 5.36. The van der Waals surface area contributed by atoms with Crippen molar-refractivity contribution in [2.24, 2.45) is 0 Å². The third kappa shape index (κ3) is 4.95. The molecule has 15 heavy (non-hydrogen) atoms. The Labute approximate surface area is 97.2 Å². The Morgan fingerprint density at radius 1 is 1.40 bits per heavy atom. The van der Waals surface area contributed by atoms with E-state index in [9.17, 15) is 9.90 Å². The molecule has 0 aromatic heterocycles. The summed E-state index contributed by atoms with van der Waals surface area (Å²) in [5.74, 6) is -0.384. The van der Waals surface area contributed by atoms with Gasteiger partial charge in [-0.1, -0.05) is 46.3 Å². The zero-order valence-electron chi connectivity index (χ0n) is 8.23. The van der Waals surface area contributed by atoms with Crippen LogP contribution in [-0.2, 0) is 16.1 Å². The number of hydrogen-bond acceptors (Lipinski definition) is 3. The molecule has 0 saturated carbocycles. The summed E-state index contributed by atoms with van der Waals surface area (Å²) in [6.45, 7) is 0.259. The van der Waals surface area contributed by atoms with Crippen molar-refractivity contribution in [1.82, 2.24) is 0 Å². The lowest BCUT2D eigenvalue weighted by atomic mass is 10.2. The molecule has 1 rings (SSSR count). The number of benzene rings is 1. The molecule has 0 saturated heterocycles. The number of carbonyl (C=O) groups excluding carboxylic acids is 1. The second-order valence-corrected chi connectivity index (χ2v) is 3.81.